The molecular formula is C13H17N5OS. The van der Waals surface area contributed by atoms with Crippen LogP contribution in [0.15, 0.2) is 18.6 Å². The van der Waals surface area contributed by atoms with Crippen molar-refractivity contribution < 1.29 is 4.79 Å². The highest BCUT2D eigenvalue weighted by molar-refractivity contribution is 7.16. The first-order valence-electron chi connectivity index (χ1n) is 6.32. The molecule has 1 unspecified atom stereocenters. The normalized spacial score (nSPS) is 12.2. The summed E-state index contributed by atoms with van der Waals surface area (Å²) in [4.78, 5) is 27.1. The fraction of sp³-hybridized carbons (Fsp3) is 0.385. The van der Waals surface area contributed by atoms with Crippen molar-refractivity contribution >= 4 is 17.2 Å². The van der Waals surface area contributed by atoms with E-state index < -0.39 is 0 Å². The minimum Gasteiger partial charge on any atom is -0.341 e. The van der Waals surface area contributed by atoms with Gasteiger partial charge in [0.05, 0.1) is 11.9 Å². The Kier molecular flexibility index (Phi) is 4.41. The molecule has 0 aliphatic carbocycles. The molecule has 1 atom stereocenters. The van der Waals surface area contributed by atoms with Crippen LogP contribution in [0.4, 0.5) is 0 Å². The topological polar surface area (TPSA) is 85.0 Å². The van der Waals surface area contributed by atoms with Crippen LogP contribution in [0.2, 0.25) is 0 Å². The molecular weight excluding hydrogens is 274 g/mol. The molecule has 6 nitrogen and oxygen atoms in total. The van der Waals surface area contributed by atoms with Crippen molar-refractivity contribution in [3.05, 3.63) is 29.2 Å². The molecule has 0 aliphatic heterocycles. The number of hydrogen-bond donors (Lipinski definition) is 1. The zero-order valence-electron chi connectivity index (χ0n) is 11.7. The third kappa shape index (κ3) is 2.83. The second-order valence-corrected chi connectivity index (χ2v) is 5.46. The standard InChI is InChI=1S/C13H17N5OS/c1-4-18(3)13(19)9-7-17-12(20-9)11-10(8(2)14)15-5-6-16-11/h5-8H,4,14H2,1-3H3. The molecule has 20 heavy (non-hydrogen) atoms. The van der Waals surface area contributed by atoms with Crippen LogP contribution in [-0.2, 0) is 0 Å². The van der Waals surface area contributed by atoms with Crippen molar-refractivity contribution in [2.24, 2.45) is 5.73 Å². The second kappa shape index (κ2) is 6.06. The third-order valence-electron chi connectivity index (χ3n) is 2.90. The van der Waals surface area contributed by atoms with Crippen LogP contribution in [-0.4, -0.2) is 39.4 Å². The van der Waals surface area contributed by atoms with Crippen molar-refractivity contribution in [1.82, 2.24) is 19.9 Å². The van der Waals surface area contributed by atoms with Crippen LogP contribution in [0.3, 0.4) is 0 Å². The van der Waals surface area contributed by atoms with Gasteiger partial charge < -0.3 is 10.6 Å². The van der Waals surface area contributed by atoms with Gasteiger partial charge >= 0.3 is 0 Å². The molecule has 0 spiro atoms. The van der Waals surface area contributed by atoms with E-state index in [4.69, 9.17) is 5.73 Å². The molecule has 2 N–H and O–H groups in total. The summed E-state index contributed by atoms with van der Waals surface area (Å²) in [6.45, 7) is 4.43. The Balaban J connectivity index is 2.37. The highest BCUT2D eigenvalue weighted by atomic mass is 32.1. The Bertz CT molecular complexity index is 610. The van der Waals surface area contributed by atoms with Gasteiger partial charge in [0.25, 0.3) is 5.91 Å². The van der Waals surface area contributed by atoms with E-state index in [9.17, 15) is 4.79 Å². The molecule has 0 saturated carbocycles. The Morgan fingerprint density at radius 1 is 1.40 bits per heavy atom. The Morgan fingerprint density at radius 3 is 2.75 bits per heavy atom. The fourth-order valence-electron chi connectivity index (χ4n) is 1.66. The zero-order chi connectivity index (χ0) is 14.7. The summed E-state index contributed by atoms with van der Waals surface area (Å²) in [5.74, 6) is -0.0394. The van der Waals surface area contributed by atoms with Crippen molar-refractivity contribution in [3.8, 4) is 10.7 Å². The number of rotatable bonds is 4. The minimum absolute atomic E-state index is 0.0394. The number of nitrogens with zero attached hydrogens (tertiary/aromatic N) is 4. The molecule has 2 aromatic heterocycles. The molecule has 2 heterocycles. The van der Waals surface area contributed by atoms with E-state index in [1.807, 2.05) is 13.8 Å². The van der Waals surface area contributed by atoms with Crippen LogP contribution in [0.5, 0.6) is 0 Å². The van der Waals surface area contributed by atoms with Crippen molar-refractivity contribution in [1.29, 1.82) is 0 Å². The maximum absolute atomic E-state index is 12.1. The van der Waals surface area contributed by atoms with E-state index in [0.29, 0.717) is 27.8 Å². The van der Waals surface area contributed by atoms with Gasteiger partial charge in [-0.2, -0.15) is 0 Å². The molecule has 2 aromatic rings. The average molecular weight is 291 g/mol. The number of hydrogen-bond acceptors (Lipinski definition) is 6. The molecule has 1 amide bonds. The quantitative estimate of drug-likeness (QED) is 0.927. The first-order valence-corrected chi connectivity index (χ1v) is 7.14. The second-order valence-electron chi connectivity index (χ2n) is 4.43. The smallest absolute Gasteiger partial charge is 0.265 e. The summed E-state index contributed by atoms with van der Waals surface area (Å²) < 4.78 is 0. The van der Waals surface area contributed by atoms with Gasteiger partial charge in [0.2, 0.25) is 0 Å². The van der Waals surface area contributed by atoms with Crippen LogP contribution in [0.1, 0.15) is 35.3 Å². The molecule has 0 aromatic carbocycles. The summed E-state index contributed by atoms with van der Waals surface area (Å²) in [5, 5.41) is 0.665. The minimum atomic E-state index is -0.236. The van der Waals surface area contributed by atoms with Crippen LogP contribution in [0, 0.1) is 0 Å². The highest BCUT2D eigenvalue weighted by Crippen LogP contribution is 2.28. The first-order chi connectivity index (χ1) is 9.54. The van der Waals surface area contributed by atoms with Gasteiger partial charge in [-0.3, -0.25) is 14.8 Å². The van der Waals surface area contributed by atoms with E-state index in [2.05, 4.69) is 15.0 Å². The van der Waals surface area contributed by atoms with E-state index in [1.165, 1.54) is 11.3 Å². The van der Waals surface area contributed by atoms with Gasteiger partial charge in [-0.05, 0) is 13.8 Å². The molecule has 0 fully saturated rings. The SMILES string of the molecule is CCN(C)C(=O)c1cnc(-c2nccnc2C(C)N)s1. The monoisotopic (exact) mass is 291 g/mol. The van der Waals surface area contributed by atoms with Crippen molar-refractivity contribution in [2.45, 2.75) is 19.9 Å². The molecule has 0 aliphatic rings. The number of carbonyl (C=O) groups is 1. The van der Waals surface area contributed by atoms with Gasteiger partial charge in [-0.25, -0.2) is 4.98 Å². The summed E-state index contributed by atoms with van der Waals surface area (Å²) in [5.41, 5.74) is 7.22. The predicted octanol–water partition coefficient (Wildman–Crippen LogP) is 1.71. The van der Waals surface area contributed by atoms with Crippen LogP contribution in [0.25, 0.3) is 10.7 Å². The third-order valence-corrected chi connectivity index (χ3v) is 3.89. The molecule has 2 rings (SSSR count). The fourth-order valence-corrected chi connectivity index (χ4v) is 2.58. The maximum Gasteiger partial charge on any atom is 0.265 e. The van der Waals surface area contributed by atoms with Crippen molar-refractivity contribution in [3.63, 3.8) is 0 Å². The van der Waals surface area contributed by atoms with Crippen LogP contribution >= 0.6 is 11.3 Å². The van der Waals surface area contributed by atoms with Gasteiger partial charge in [-0.1, -0.05) is 0 Å². The van der Waals surface area contributed by atoms with Crippen LogP contribution < -0.4 is 5.73 Å². The van der Waals surface area contributed by atoms with E-state index in [1.54, 1.807) is 30.5 Å². The number of nitrogens with two attached hydrogens (primary N) is 1. The number of aromatic nitrogens is 3. The zero-order valence-corrected chi connectivity index (χ0v) is 12.5. The number of thiazole rings is 1. The van der Waals surface area contributed by atoms with Gasteiger partial charge in [-0.15, -0.1) is 11.3 Å². The maximum atomic E-state index is 12.1. The van der Waals surface area contributed by atoms with Crippen molar-refractivity contribution in [2.75, 3.05) is 13.6 Å². The average Bonchev–Trinajstić information content (AvgIpc) is 2.95. The molecule has 0 saturated heterocycles. The lowest BCUT2D eigenvalue weighted by Gasteiger charge is -2.12. The number of amides is 1. The van der Waals surface area contributed by atoms with Gasteiger partial charge in [0.15, 0.2) is 0 Å². The Hall–Kier alpha value is -1.86. The lowest BCUT2D eigenvalue weighted by atomic mass is 10.2. The molecule has 0 bridgehead atoms. The summed E-state index contributed by atoms with van der Waals surface area (Å²) >= 11 is 1.31. The lowest BCUT2D eigenvalue weighted by molar-refractivity contribution is 0.0807. The Labute approximate surface area is 121 Å². The number of carbonyl (C=O) groups excluding carboxylic acids is 1. The van der Waals surface area contributed by atoms with E-state index in [-0.39, 0.29) is 11.9 Å². The van der Waals surface area contributed by atoms with Gasteiger partial charge in [0, 0.05) is 32.0 Å². The van der Waals surface area contributed by atoms with Gasteiger partial charge in [0.1, 0.15) is 15.6 Å². The largest absolute Gasteiger partial charge is 0.341 e. The van der Waals surface area contributed by atoms with E-state index >= 15 is 0 Å². The summed E-state index contributed by atoms with van der Waals surface area (Å²) in [7, 11) is 1.76. The predicted molar refractivity (Wildman–Crippen MR) is 78.4 cm³/mol. The molecule has 0 radical (unpaired) electrons. The Morgan fingerprint density at radius 2 is 2.10 bits per heavy atom. The molecule has 7 heteroatoms. The summed E-state index contributed by atoms with van der Waals surface area (Å²) in [6.07, 6.45) is 4.78. The highest BCUT2D eigenvalue weighted by Gasteiger charge is 2.18. The lowest BCUT2D eigenvalue weighted by Crippen LogP contribution is -2.25. The first kappa shape index (κ1) is 14.5. The van der Waals surface area contributed by atoms with E-state index in [0.717, 1.165) is 0 Å². The summed E-state index contributed by atoms with van der Waals surface area (Å²) in [6, 6.07) is -0.236. The molecule has 106 valence electrons.